The third-order valence-corrected chi connectivity index (χ3v) is 9.54. The maximum Gasteiger partial charge on any atom is 0.183 e. The molecule has 2 aromatic rings. The number of methoxy groups -OCH3 is 2. The van der Waals surface area contributed by atoms with E-state index in [1.165, 1.54) is 7.11 Å². The van der Waals surface area contributed by atoms with E-state index in [1.54, 1.807) is 43.5 Å². The fourth-order valence-corrected chi connectivity index (χ4v) is 8.36. The number of hydrogen-bond donors (Lipinski definition) is 1. The molecule has 2 atom stereocenters. The molecule has 0 bridgehead atoms. The summed E-state index contributed by atoms with van der Waals surface area (Å²) in [6.07, 6.45) is 0.799. The summed E-state index contributed by atoms with van der Waals surface area (Å²) < 4.78 is 61.5. The normalized spacial score (nSPS) is 20.8. The highest BCUT2D eigenvalue weighted by molar-refractivity contribution is 7.96. The van der Waals surface area contributed by atoms with Gasteiger partial charge < -0.3 is 14.8 Å². The van der Waals surface area contributed by atoms with Crippen LogP contribution in [0.25, 0.3) is 0 Å². The van der Waals surface area contributed by atoms with Crippen molar-refractivity contribution in [3.8, 4) is 11.5 Å². The zero-order valence-corrected chi connectivity index (χ0v) is 18.9. The molecule has 0 spiro atoms. The Kier molecular flexibility index (Phi) is 6.74. The minimum atomic E-state index is -3.80. The first-order valence-corrected chi connectivity index (χ1v) is 13.0. The fourth-order valence-electron chi connectivity index (χ4n) is 3.64. The molecule has 1 fully saturated rings. The maximum absolute atomic E-state index is 13.2. The van der Waals surface area contributed by atoms with Crippen molar-refractivity contribution in [3.63, 3.8) is 0 Å². The van der Waals surface area contributed by atoms with Crippen molar-refractivity contribution in [2.45, 2.75) is 36.1 Å². The van der Waals surface area contributed by atoms with Gasteiger partial charge in [0, 0.05) is 12.6 Å². The Morgan fingerprint density at radius 3 is 2.20 bits per heavy atom. The second-order valence-electron chi connectivity index (χ2n) is 7.33. The highest BCUT2D eigenvalue weighted by atomic mass is 32.2. The minimum Gasteiger partial charge on any atom is -0.493 e. The van der Waals surface area contributed by atoms with Crippen LogP contribution in [0.15, 0.2) is 47.4 Å². The molecule has 7 nitrogen and oxygen atoms in total. The Hall–Kier alpha value is -2.10. The van der Waals surface area contributed by atoms with Crippen LogP contribution in [0.3, 0.4) is 0 Å². The van der Waals surface area contributed by atoms with Gasteiger partial charge in [0.2, 0.25) is 0 Å². The summed E-state index contributed by atoms with van der Waals surface area (Å²) in [5, 5.41) is 2.10. The van der Waals surface area contributed by atoms with E-state index in [0.717, 1.165) is 17.5 Å². The van der Waals surface area contributed by atoms with E-state index in [0.29, 0.717) is 18.0 Å². The Balaban J connectivity index is 1.82. The predicted molar refractivity (Wildman–Crippen MR) is 116 cm³/mol. The summed E-state index contributed by atoms with van der Waals surface area (Å²) in [7, 11) is -4.18. The van der Waals surface area contributed by atoms with Crippen LogP contribution in [0.5, 0.6) is 11.5 Å². The fraction of sp³-hybridized carbons (Fsp3) is 0.429. The Morgan fingerprint density at radius 1 is 0.967 bits per heavy atom. The van der Waals surface area contributed by atoms with E-state index < -0.39 is 31.0 Å². The molecule has 0 aromatic heterocycles. The number of ether oxygens (including phenoxy) is 2. The van der Waals surface area contributed by atoms with E-state index >= 15 is 0 Å². The smallest absolute Gasteiger partial charge is 0.183 e. The molecule has 0 amide bonds. The molecule has 2 aromatic carbocycles. The summed E-state index contributed by atoms with van der Waals surface area (Å²) in [4.78, 5) is 0.153. The Morgan fingerprint density at radius 2 is 1.60 bits per heavy atom. The van der Waals surface area contributed by atoms with Crippen molar-refractivity contribution >= 4 is 19.7 Å². The topological polar surface area (TPSA) is 98.8 Å². The first-order chi connectivity index (χ1) is 14.2. The molecule has 164 valence electrons. The van der Waals surface area contributed by atoms with Gasteiger partial charge in [0.1, 0.15) is 0 Å². The van der Waals surface area contributed by atoms with Gasteiger partial charge in [-0.1, -0.05) is 25.1 Å². The highest BCUT2D eigenvalue weighted by Crippen LogP contribution is 2.29. The van der Waals surface area contributed by atoms with Gasteiger partial charge in [0.15, 0.2) is 31.2 Å². The summed E-state index contributed by atoms with van der Waals surface area (Å²) in [5.74, 6) is 0.544. The van der Waals surface area contributed by atoms with Gasteiger partial charge in [-0.05, 0) is 41.8 Å². The van der Waals surface area contributed by atoms with Crippen molar-refractivity contribution < 1.29 is 26.3 Å². The third-order valence-electron chi connectivity index (χ3n) is 5.38. The van der Waals surface area contributed by atoms with Gasteiger partial charge in [0.25, 0.3) is 0 Å². The molecule has 0 aliphatic carbocycles. The van der Waals surface area contributed by atoms with Gasteiger partial charge in [0.05, 0.1) is 35.9 Å². The average Bonchev–Trinajstić information content (AvgIpc) is 3.07. The molecule has 1 saturated heterocycles. The lowest BCUT2D eigenvalue weighted by atomic mass is 10.1. The molecular weight excluding hydrogens is 426 g/mol. The van der Waals surface area contributed by atoms with Gasteiger partial charge in [-0.25, -0.2) is 16.8 Å². The average molecular weight is 454 g/mol. The molecule has 0 unspecified atom stereocenters. The molecule has 0 radical (unpaired) electrons. The molecule has 3 rings (SSSR count). The standard InChI is InChI=1S/C21H27NO6S2/c1-4-15-5-8-17(9-6-15)30(25,26)21-14-29(23,24)13-18(21)22-12-16-7-10-19(27-2)20(11-16)28-3/h5-11,18,21-22H,4,12-14H2,1-3H3/t18-,21+/m0/s1. The van der Waals surface area contributed by atoms with Crippen LogP contribution in [0, 0.1) is 0 Å². The van der Waals surface area contributed by atoms with Gasteiger partial charge in [-0.2, -0.15) is 0 Å². The van der Waals surface area contributed by atoms with Gasteiger partial charge >= 0.3 is 0 Å². The minimum absolute atomic E-state index is 0.153. The summed E-state index contributed by atoms with van der Waals surface area (Å²) >= 11 is 0. The lowest BCUT2D eigenvalue weighted by Gasteiger charge is -2.20. The number of hydrogen-bond acceptors (Lipinski definition) is 7. The van der Waals surface area contributed by atoms with Crippen molar-refractivity contribution in [2.24, 2.45) is 0 Å². The van der Waals surface area contributed by atoms with Crippen LogP contribution in [-0.4, -0.2) is 53.9 Å². The van der Waals surface area contributed by atoms with Crippen molar-refractivity contribution in [3.05, 3.63) is 53.6 Å². The molecule has 0 saturated carbocycles. The van der Waals surface area contributed by atoms with Gasteiger partial charge in [-0.15, -0.1) is 0 Å². The van der Waals surface area contributed by atoms with Crippen LogP contribution in [0.1, 0.15) is 18.1 Å². The number of sulfone groups is 2. The zero-order valence-electron chi connectivity index (χ0n) is 17.3. The first kappa shape index (κ1) is 22.6. The summed E-state index contributed by atoms with van der Waals surface area (Å²) in [6, 6.07) is 11.3. The maximum atomic E-state index is 13.2. The second-order valence-corrected chi connectivity index (χ2v) is 11.7. The van der Waals surface area contributed by atoms with Crippen molar-refractivity contribution in [1.82, 2.24) is 5.32 Å². The van der Waals surface area contributed by atoms with Crippen LogP contribution in [0.4, 0.5) is 0 Å². The predicted octanol–water partition coefficient (Wildman–Crippen LogP) is 2.00. The van der Waals surface area contributed by atoms with Gasteiger partial charge in [-0.3, -0.25) is 0 Å². The molecule has 1 aliphatic heterocycles. The van der Waals surface area contributed by atoms with Crippen molar-refractivity contribution in [1.29, 1.82) is 0 Å². The van der Waals surface area contributed by atoms with E-state index in [2.05, 4.69) is 5.32 Å². The monoisotopic (exact) mass is 453 g/mol. The number of nitrogens with one attached hydrogen (secondary N) is 1. The Bertz CT molecular complexity index is 1090. The SMILES string of the molecule is CCc1ccc(S(=O)(=O)[C@@H]2CS(=O)(=O)C[C@@H]2NCc2ccc(OC)c(OC)c2)cc1. The highest BCUT2D eigenvalue weighted by Gasteiger charge is 2.45. The number of rotatable bonds is 8. The zero-order chi connectivity index (χ0) is 21.9. The lowest BCUT2D eigenvalue weighted by molar-refractivity contribution is 0.354. The summed E-state index contributed by atoms with van der Waals surface area (Å²) in [6.45, 7) is 2.29. The van der Waals surface area contributed by atoms with Crippen LogP contribution in [-0.2, 0) is 32.6 Å². The van der Waals surface area contributed by atoms with Crippen LogP contribution >= 0.6 is 0 Å². The summed E-state index contributed by atoms with van der Waals surface area (Å²) in [5.41, 5.74) is 1.86. The first-order valence-electron chi connectivity index (χ1n) is 9.67. The van der Waals surface area contributed by atoms with E-state index in [4.69, 9.17) is 9.47 Å². The van der Waals surface area contributed by atoms with E-state index in [1.807, 2.05) is 13.0 Å². The third kappa shape index (κ3) is 4.79. The molecule has 30 heavy (non-hydrogen) atoms. The van der Waals surface area contributed by atoms with E-state index in [9.17, 15) is 16.8 Å². The quantitative estimate of drug-likeness (QED) is 0.653. The molecule has 1 N–H and O–H groups in total. The van der Waals surface area contributed by atoms with Crippen LogP contribution < -0.4 is 14.8 Å². The molecule has 1 heterocycles. The number of benzene rings is 2. The Labute approximate surface area is 178 Å². The largest absolute Gasteiger partial charge is 0.493 e. The van der Waals surface area contributed by atoms with Crippen molar-refractivity contribution in [2.75, 3.05) is 25.7 Å². The second kappa shape index (κ2) is 8.95. The van der Waals surface area contributed by atoms with E-state index in [-0.39, 0.29) is 16.4 Å². The number of aryl methyl sites for hydroxylation is 1. The lowest BCUT2D eigenvalue weighted by Crippen LogP contribution is -2.43. The molecular formula is C21H27NO6S2. The molecule has 9 heteroatoms. The molecule has 1 aliphatic rings. The van der Waals surface area contributed by atoms with Crippen LogP contribution in [0.2, 0.25) is 0 Å².